The van der Waals surface area contributed by atoms with Crippen LogP contribution in [0.5, 0.6) is 0 Å². The lowest BCUT2D eigenvalue weighted by molar-refractivity contribution is -0.0814. The van der Waals surface area contributed by atoms with Gasteiger partial charge in [0.15, 0.2) is 0 Å². The van der Waals surface area contributed by atoms with Gasteiger partial charge in [-0.1, -0.05) is 30.3 Å². The molecule has 1 heterocycles. The molecule has 0 amide bonds. The van der Waals surface area contributed by atoms with Crippen LogP contribution in [0.15, 0.2) is 30.3 Å². The Morgan fingerprint density at radius 3 is 2.41 bits per heavy atom. The zero-order chi connectivity index (χ0) is 19.5. The molecule has 0 radical (unpaired) electrons. The average Bonchev–Trinajstić information content (AvgIpc) is 2.67. The Hall–Kier alpha value is -0.940. The van der Waals surface area contributed by atoms with E-state index < -0.39 is 5.54 Å². The van der Waals surface area contributed by atoms with Gasteiger partial charge in [0.1, 0.15) is 0 Å². The highest BCUT2D eigenvalue weighted by Crippen LogP contribution is 2.35. The molecule has 3 N–H and O–H groups in total. The first-order valence-electron chi connectivity index (χ1n) is 10.7. The lowest BCUT2D eigenvalue weighted by atomic mass is 9.80. The highest BCUT2D eigenvalue weighted by atomic mass is 16.5. The van der Waals surface area contributed by atoms with Gasteiger partial charge in [0.25, 0.3) is 0 Å². The molecule has 4 nitrogen and oxygen atoms in total. The van der Waals surface area contributed by atoms with Crippen LogP contribution in [0.3, 0.4) is 0 Å². The van der Waals surface area contributed by atoms with E-state index in [-0.39, 0.29) is 18.2 Å². The van der Waals surface area contributed by atoms with Gasteiger partial charge in [0.05, 0.1) is 30.9 Å². The number of rotatable bonds is 5. The number of nitrogens with two attached hydrogens (primary N) is 1. The maximum atomic E-state index is 9.99. The van der Waals surface area contributed by atoms with Crippen LogP contribution in [0.4, 0.5) is 0 Å². The predicted molar refractivity (Wildman–Crippen MR) is 111 cm³/mol. The Kier molecular flexibility index (Phi) is 6.62. The summed E-state index contributed by atoms with van der Waals surface area (Å²) < 4.78 is 6.40. The first-order valence-corrected chi connectivity index (χ1v) is 10.7. The van der Waals surface area contributed by atoms with Gasteiger partial charge in [-0.15, -0.1) is 0 Å². The van der Waals surface area contributed by atoms with Crippen molar-refractivity contribution >= 4 is 0 Å². The van der Waals surface area contributed by atoms with Crippen LogP contribution in [-0.4, -0.2) is 53.0 Å². The van der Waals surface area contributed by atoms with E-state index in [1.165, 1.54) is 18.4 Å². The third kappa shape index (κ3) is 4.92. The molecule has 2 aliphatic rings. The Balaban J connectivity index is 1.57. The standard InChI is InChI=1S/C23H38N2O2/c1-22(2,3)25-15-7-14-23(24,17-26)21(25)16-27-20-12-10-19(11-13-20)18-8-5-4-6-9-18/h4-6,8-9,19-21,26H,7,10-17,24H2,1-3H3/t19-,20+,21-,23+/m0/s1. The number of nitrogens with zero attached hydrogens (tertiary/aromatic N) is 1. The van der Waals surface area contributed by atoms with E-state index in [2.05, 4.69) is 56.0 Å². The number of piperidine rings is 1. The summed E-state index contributed by atoms with van der Waals surface area (Å²) in [6, 6.07) is 10.9. The Morgan fingerprint density at radius 2 is 1.81 bits per heavy atom. The van der Waals surface area contributed by atoms with Gasteiger partial charge in [-0.2, -0.15) is 0 Å². The summed E-state index contributed by atoms with van der Waals surface area (Å²) in [5, 5.41) is 9.99. The van der Waals surface area contributed by atoms with Crippen molar-refractivity contribution in [1.29, 1.82) is 0 Å². The molecule has 1 aliphatic carbocycles. The molecule has 1 aliphatic heterocycles. The number of hydrogen-bond acceptors (Lipinski definition) is 4. The zero-order valence-electron chi connectivity index (χ0n) is 17.4. The molecular weight excluding hydrogens is 336 g/mol. The van der Waals surface area contributed by atoms with Crippen molar-refractivity contribution in [3.05, 3.63) is 35.9 Å². The highest BCUT2D eigenvalue weighted by Gasteiger charge is 2.45. The van der Waals surface area contributed by atoms with Crippen LogP contribution in [0, 0.1) is 0 Å². The van der Waals surface area contributed by atoms with Crippen LogP contribution >= 0.6 is 0 Å². The van der Waals surface area contributed by atoms with Crippen molar-refractivity contribution in [1.82, 2.24) is 4.90 Å². The van der Waals surface area contributed by atoms with E-state index >= 15 is 0 Å². The molecule has 1 aromatic rings. The van der Waals surface area contributed by atoms with Crippen LogP contribution in [0.2, 0.25) is 0 Å². The molecule has 2 atom stereocenters. The molecule has 1 saturated heterocycles. The molecule has 4 heteroatoms. The lowest BCUT2D eigenvalue weighted by Gasteiger charge is -2.52. The molecule has 2 fully saturated rings. The normalized spacial score (nSPS) is 33.1. The van der Waals surface area contributed by atoms with Crippen LogP contribution in [0.25, 0.3) is 0 Å². The third-order valence-corrected chi connectivity index (χ3v) is 6.67. The fraction of sp³-hybridized carbons (Fsp3) is 0.739. The van der Waals surface area contributed by atoms with E-state index in [4.69, 9.17) is 10.5 Å². The van der Waals surface area contributed by atoms with Crippen molar-refractivity contribution in [2.75, 3.05) is 19.8 Å². The van der Waals surface area contributed by atoms with E-state index in [0.29, 0.717) is 18.6 Å². The molecule has 1 saturated carbocycles. The molecular formula is C23H38N2O2. The van der Waals surface area contributed by atoms with Gasteiger partial charge < -0.3 is 15.6 Å². The third-order valence-electron chi connectivity index (χ3n) is 6.67. The summed E-state index contributed by atoms with van der Waals surface area (Å²) in [6.45, 7) is 8.36. The van der Waals surface area contributed by atoms with E-state index in [1.54, 1.807) is 0 Å². The number of hydrogen-bond donors (Lipinski definition) is 2. The molecule has 0 spiro atoms. The molecule has 0 aromatic heterocycles. The van der Waals surface area contributed by atoms with Crippen molar-refractivity contribution < 1.29 is 9.84 Å². The predicted octanol–water partition coefficient (Wildman–Crippen LogP) is 3.68. The largest absolute Gasteiger partial charge is 0.394 e. The van der Waals surface area contributed by atoms with E-state index in [9.17, 15) is 5.11 Å². The lowest BCUT2D eigenvalue weighted by Crippen LogP contribution is -2.69. The second kappa shape index (κ2) is 8.60. The summed E-state index contributed by atoms with van der Waals surface area (Å²) in [5.41, 5.74) is 7.56. The van der Waals surface area contributed by atoms with Crippen LogP contribution in [0.1, 0.15) is 70.8 Å². The fourth-order valence-electron chi connectivity index (χ4n) is 4.97. The van der Waals surface area contributed by atoms with Gasteiger partial charge in [-0.25, -0.2) is 0 Å². The first kappa shape index (κ1) is 20.8. The number of benzene rings is 1. The Bertz CT molecular complexity index is 578. The number of ether oxygens (including phenoxy) is 1. The molecule has 0 unspecified atom stereocenters. The second-order valence-corrected chi connectivity index (χ2v) is 9.59. The maximum absolute atomic E-state index is 9.99. The highest BCUT2D eigenvalue weighted by molar-refractivity contribution is 5.20. The van der Waals surface area contributed by atoms with Gasteiger partial charge >= 0.3 is 0 Å². The first-order chi connectivity index (χ1) is 12.8. The van der Waals surface area contributed by atoms with Crippen molar-refractivity contribution in [3.8, 4) is 0 Å². The maximum Gasteiger partial charge on any atom is 0.0644 e. The number of likely N-dealkylation sites (tertiary alicyclic amines) is 1. The van der Waals surface area contributed by atoms with Crippen LogP contribution < -0.4 is 5.73 Å². The molecule has 152 valence electrons. The minimum absolute atomic E-state index is 0.0222. The van der Waals surface area contributed by atoms with Crippen LogP contribution in [-0.2, 0) is 4.74 Å². The number of aliphatic hydroxyl groups is 1. The average molecular weight is 375 g/mol. The van der Waals surface area contributed by atoms with Gasteiger partial charge in [0, 0.05) is 5.54 Å². The Morgan fingerprint density at radius 1 is 1.15 bits per heavy atom. The summed E-state index contributed by atoms with van der Waals surface area (Å²) >= 11 is 0. The zero-order valence-corrected chi connectivity index (χ0v) is 17.4. The summed E-state index contributed by atoms with van der Waals surface area (Å²) in [6.07, 6.45) is 6.82. The fourth-order valence-corrected chi connectivity index (χ4v) is 4.97. The van der Waals surface area contributed by atoms with Gasteiger partial charge in [0.2, 0.25) is 0 Å². The van der Waals surface area contributed by atoms with Crippen molar-refractivity contribution in [3.63, 3.8) is 0 Å². The van der Waals surface area contributed by atoms with Gasteiger partial charge in [-0.3, -0.25) is 4.90 Å². The minimum Gasteiger partial charge on any atom is -0.394 e. The SMILES string of the molecule is CC(C)(C)N1CCC[C@@](N)(CO)[C@@H]1CO[C@H]1CC[C@@H](c2ccccc2)CC1. The van der Waals surface area contributed by atoms with E-state index in [0.717, 1.165) is 32.2 Å². The summed E-state index contributed by atoms with van der Waals surface area (Å²) in [4.78, 5) is 2.45. The molecule has 27 heavy (non-hydrogen) atoms. The second-order valence-electron chi connectivity index (χ2n) is 9.59. The molecule has 0 bridgehead atoms. The summed E-state index contributed by atoms with van der Waals surface area (Å²) in [5.74, 6) is 0.665. The van der Waals surface area contributed by atoms with Gasteiger partial charge in [-0.05, 0) is 77.3 Å². The monoisotopic (exact) mass is 374 g/mol. The number of aliphatic hydroxyl groups excluding tert-OH is 1. The molecule has 1 aromatic carbocycles. The van der Waals surface area contributed by atoms with Crippen molar-refractivity contribution in [2.45, 2.75) is 88.4 Å². The molecule has 3 rings (SSSR count). The summed E-state index contributed by atoms with van der Waals surface area (Å²) in [7, 11) is 0. The Labute approximate surface area is 165 Å². The minimum atomic E-state index is -0.563. The topological polar surface area (TPSA) is 58.7 Å². The van der Waals surface area contributed by atoms with Crippen molar-refractivity contribution in [2.24, 2.45) is 5.73 Å². The van der Waals surface area contributed by atoms with E-state index in [1.807, 2.05) is 0 Å². The quantitative estimate of drug-likeness (QED) is 0.825. The smallest absolute Gasteiger partial charge is 0.0644 e.